The molecule has 0 radical (unpaired) electrons. The van der Waals surface area contributed by atoms with Gasteiger partial charge in [0.25, 0.3) is 0 Å². The third kappa shape index (κ3) is 1.33. The molecule has 84 valence electrons. The average molecular weight is 220 g/mol. The zero-order valence-electron chi connectivity index (χ0n) is 8.77. The molecule has 1 aromatic heterocycles. The van der Waals surface area contributed by atoms with Gasteiger partial charge in [0.15, 0.2) is 0 Å². The van der Waals surface area contributed by atoms with Crippen LogP contribution < -0.4 is 5.73 Å². The van der Waals surface area contributed by atoms with Gasteiger partial charge in [-0.15, -0.1) is 0 Å². The van der Waals surface area contributed by atoms with E-state index < -0.39 is 5.97 Å². The summed E-state index contributed by atoms with van der Waals surface area (Å²) >= 11 is 0. The number of aromatic hydroxyl groups is 1. The van der Waals surface area contributed by atoms with Crippen molar-refractivity contribution < 1.29 is 15.0 Å². The van der Waals surface area contributed by atoms with Crippen molar-refractivity contribution in [2.45, 2.75) is 6.54 Å². The van der Waals surface area contributed by atoms with Crippen molar-refractivity contribution in [2.75, 3.05) is 0 Å². The van der Waals surface area contributed by atoms with Gasteiger partial charge in [0.05, 0.1) is 5.52 Å². The highest BCUT2D eigenvalue weighted by Gasteiger charge is 2.15. The molecule has 2 aromatic rings. The molecule has 0 aliphatic rings. The molecule has 2 rings (SSSR count). The van der Waals surface area contributed by atoms with E-state index in [-0.39, 0.29) is 18.0 Å². The summed E-state index contributed by atoms with van der Waals surface area (Å²) in [6.07, 6.45) is 0. The van der Waals surface area contributed by atoms with Crippen molar-refractivity contribution in [1.29, 1.82) is 0 Å². The number of carbonyl (C=O) groups is 1. The number of hydrogen-bond acceptors (Lipinski definition) is 3. The Morgan fingerprint density at radius 1 is 1.50 bits per heavy atom. The Morgan fingerprint density at radius 2 is 2.19 bits per heavy atom. The van der Waals surface area contributed by atoms with Crippen LogP contribution in [-0.2, 0) is 13.6 Å². The Labute approximate surface area is 91.7 Å². The van der Waals surface area contributed by atoms with Gasteiger partial charge in [-0.2, -0.15) is 0 Å². The minimum absolute atomic E-state index is 0.0584. The zero-order chi connectivity index (χ0) is 11.9. The van der Waals surface area contributed by atoms with Crippen LogP contribution in [0, 0.1) is 0 Å². The highest BCUT2D eigenvalue weighted by molar-refractivity contribution is 5.97. The highest BCUT2D eigenvalue weighted by Crippen LogP contribution is 2.30. The number of rotatable bonds is 2. The molecular weight excluding hydrogens is 208 g/mol. The number of carboxylic acids is 1. The number of carboxylic acid groups (broad SMARTS) is 1. The summed E-state index contributed by atoms with van der Waals surface area (Å²) < 4.78 is 1.53. The molecular formula is C11H12N2O3. The van der Waals surface area contributed by atoms with Crippen molar-refractivity contribution in [1.82, 2.24) is 4.57 Å². The van der Waals surface area contributed by atoms with Gasteiger partial charge >= 0.3 is 5.97 Å². The molecule has 0 saturated carbocycles. The third-order valence-electron chi connectivity index (χ3n) is 2.72. The number of fused-ring (bicyclic) bond motifs is 1. The van der Waals surface area contributed by atoms with E-state index in [0.29, 0.717) is 16.5 Å². The molecule has 0 aliphatic carbocycles. The Kier molecular flexibility index (Phi) is 2.32. The first-order valence-electron chi connectivity index (χ1n) is 4.80. The van der Waals surface area contributed by atoms with Crippen LogP contribution in [0.1, 0.15) is 16.1 Å². The Morgan fingerprint density at radius 3 is 2.75 bits per heavy atom. The predicted molar refractivity (Wildman–Crippen MR) is 59.4 cm³/mol. The van der Waals surface area contributed by atoms with Crippen LogP contribution in [0.5, 0.6) is 5.75 Å². The fraction of sp³-hybridized carbons (Fsp3) is 0.182. The van der Waals surface area contributed by atoms with Gasteiger partial charge in [-0.25, -0.2) is 4.79 Å². The van der Waals surface area contributed by atoms with E-state index in [1.165, 1.54) is 10.6 Å². The zero-order valence-corrected chi connectivity index (χ0v) is 8.77. The summed E-state index contributed by atoms with van der Waals surface area (Å²) in [6.45, 7) is 0.221. The number of aromatic nitrogens is 1. The van der Waals surface area contributed by atoms with Crippen molar-refractivity contribution in [3.05, 3.63) is 29.5 Å². The molecule has 0 amide bonds. The molecule has 0 aliphatic heterocycles. The van der Waals surface area contributed by atoms with Gasteiger partial charge in [0.2, 0.25) is 0 Å². The van der Waals surface area contributed by atoms with Crippen LogP contribution >= 0.6 is 0 Å². The maximum absolute atomic E-state index is 10.9. The molecule has 5 heteroatoms. The maximum atomic E-state index is 10.9. The normalized spacial score (nSPS) is 10.9. The van der Waals surface area contributed by atoms with E-state index in [2.05, 4.69) is 0 Å². The predicted octanol–water partition coefficient (Wildman–Crippen LogP) is 1.04. The van der Waals surface area contributed by atoms with Gasteiger partial charge in [0, 0.05) is 24.5 Å². The molecule has 1 heterocycles. The van der Waals surface area contributed by atoms with Crippen LogP contribution in [-0.4, -0.2) is 20.7 Å². The molecule has 0 unspecified atom stereocenters. The monoisotopic (exact) mass is 220 g/mol. The van der Waals surface area contributed by atoms with Gasteiger partial charge in [-0.1, -0.05) is 6.07 Å². The van der Waals surface area contributed by atoms with Crippen molar-refractivity contribution in [3.63, 3.8) is 0 Å². The number of aromatic carboxylic acids is 1. The summed E-state index contributed by atoms with van der Waals surface area (Å²) in [5.74, 6) is -0.963. The molecule has 16 heavy (non-hydrogen) atoms. The lowest BCUT2D eigenvalue weighted by Gasteiger charge is -2.03. The SMILES string of the molecule is Cn1c(C(=O)O)cc2c(O)c(CN)ccc21. The number of phenols is 1. The van der Waals surface area contributed by atoms with Gasteiger partial charge < -0.3 is 20.5 Å². The number of aryl methyl sites for hydroxylation is 1. The van der Waals surface area contributed by atoms with Crippen molar-refractivity contribution >= 4 is 16.9 Å². The summed E-state index contributed by atoms with van der Waals surface area (Å²) in [4.78, 5) is 10.9. The molecule has 4 N–H and O–H groups in total. The van der Waals surface area contributed by atoms with E-state index in [1.807, 2.05) is 0 Å². The number of benzene rings is 1. The Bertz CT molecular complexity index is 572. The lowest BCUT2D eigenvalue weighted by atomic mass is 10.1. The number of nitrogens with two attached hydrogens (primary N) is 1. The van der Waals surface area contributed by atoms with Crippen LogP contribution in [0.15, 0.2) is 18.2 Å². The molecule has 0 spiro atoms. The molecule has 0 bridgehead atoms. The fourth-order valence-corrected chi connectivity index (χ4v) is 1.81. The van der Waals surface area contributed by atoms with Crippen LogP contribution in [0.3, 0.4) is 0 Å². The summed E-state index contributed by atoms with van der Waals surface area (Å²) in [5, 5.41) is 19.4. The Balaban J connectivity index is 2.81. The summed E-state index contributed by atoms with van der Waals surface area (Å²) in [7, 11) is 1.65. The third-order valence-corrected chi connectivity index (χ3v) is 2.72. The topological polar surface area (TPSA) is 88.5 Å². The van der Waals surface area contributed by atoms with Gasteiger partial charge in [-0.3, -0.25) is 0 Å². The van der Waals surface area contributed by atoms with E-state index in [0.717, 1.165) is 0 Å². The van der Waals surface area contributed by atoms with E-state index in [4.69, 9.17) is 10.8 Å². The van der Waals surface area contributed by atoms with E-state index in [1.54, 1.807) is 19.2 Å². The molecule has 0 fully saturated rings. The van der Waals surface area contributed by atoms with E-state index >= 15 is 0 Å². The standard InChI is InChI=1S/C11H12N2O3/c1-13-8-3-2-6(5-12)10(14)7(8)4-9(13)11(15)16/h2-4,14H,5,12H2,1H3,(H,15,16). The van der Waals surface area contributed by atoms with Crippen molar-refractivity contribution in [2.24, 2.45) is 12.8 Å². The van der Waals surface area contributed by atoms with Gasteiger partial charge in [0.1, 0.15) is 11.4 Å². The molecule has 1 aromatic carbocycles. The first-order chi connectivity index (χ1) is 7.56. The van der Waals surface area contributed by atoms with Crippen LogP contribution in [0.2, 0.25) is 0 Å². The van der Waals surface area contributed by atoms with Crippen LogP contribution in [0.25, 0.3) is 10.9 Å². The fourth-order valence-electron chi connectivity index (χ4n) is 1.81. The van der Waals surface area contributed by atoms with Gasteiger partial charge in [-0.05, 0) is 12.1 Å². The lowest BCUT2D eigenvalue weighted by Crippen LogP contribution is -2.03. The minimum Gasteiger partial charge on any atom is -0.507 e. The first-order valence-corrected chi connectivity index (χ1v) is 4.80. The Hall–Kier alpha value is -2.01. The summed E-state index contributed by atoms with van der Waals surface area (Å²) in [6, 6.07) is 4.90. The second-order valence-electron chi connectivity index (χ2n) is 3.60. The molecule has 0 atom stereocenters. The smallest absolute Gasteiger partial charge is 0.352 e. The quantitative estimate of drug-likeness (QED) is 0.705. The highest BCUT2D eigenvalue weighted by atomic mass is 16.4. The molecule has 5 nitrogen and oxygen atoms in total. The summed E-state index contributed by atoms with van der Waals surface area (Å²) in [5.41, 5.74) is 6.88. The maximum Gasteiger partial charge on any atom is 0.352 e. The van der Waals surface area contributed by atoms with E-state index in [9.17, 15) is 9.90 Å². The molecule has 0 saturated heterocycles. The first kappa shape index (κ1) is 10.5. The number of phenolic OH excluding ortho intramolecular Hbond substituents is 1. The van der Waals surface area contributed by atoms with Crippen molar-refractivity contribution in [3.8, 4) is 5.75 Å². The minimum atomic E-state index is -1.02. The second kappa shape index (κ2) is 3.53. The average Bonchev–Trinajstić information content (AvgIpc) is 2.58. The largest absolute Gasteiger partial charge is 0.507 e. The van der Waals surface area contributed by atoms with Crippen LogP contribution in [0.4, 0.5) is 0 Å². The second-order valence-corrected chi connectivity index (χ2v) is 3.60. The number of nitrogens with zero attached hydrogens (tertiary/aromatic N) is 1. The lowest BCUT2D eigenvalue weighted by molar-refractivity contribution is 0.0687. The number of hydrogen-bond donors (Lipinski definition) is 3.